The third-order valence-corrected chi connectivity index (χ3v) is 9.02. The number of imide groups is 1. The molecule has 0 saturated carbocycles. The summed E-state index contributed by atoms with van der Waals surface area (Å²) in [5.74, 6) is -1.67. The molecule has 1 aromatic carbocycles. The van der Waals surface area contributed by atoms with E-state index in [1.165, 1.54) is 11.9 Å². The number of esters is 1. The summed E-state index contributed by atoms with van der Waals surface area (Å²) in [5, 5.41) is 20.5. The van der Waals surface area contributed by atoms with Crippen molar-refractivity contribution in [1.82, 2.24) is 15.1 Å². The molecule has 1 unspecified atom stereocenters. The first-order valence-electron chi connectivity index (χ1n) is 14.9. The second-order valence-electron chi connectivity index (χ2n) is 10.5. The summed E-state index contributed by atoms with van der Waals surface area (Å²) in [6.07, 6.45) is 5.33. The molecule has 2 aliphatic heterocycles. The van der Waals surface area contributed by atoms with Crippen LogP contribution in [0.1, 0.15) is 72.1 Å². The molecular weight excluding hydrogens is 607 g/mol. The number of hydrogen-bond donors (Lipinski definition) is 2. The van der Waals surface area contributed by atoms with Gasteiger partial charge in [0.05, 0.1) is 69.1 Å². The minimum Gasteiger partial charge on any atom is -0.460 e. The fraction of sp³-hybridized carbons (Fsp3) is 0.567. The van der Waals surface area contributed by atoms with Crippen molar-refractivity contribution < 1.29 is 47.4 Å². The van der Waals surface area contributed by atoms with Crippen LogP contribution in [0.15, 0.2) is 24.3 Å². The quantitative estimate of drug-likeness (QED) is 0.0968. The maximum absolute atomic E-state index is 13.3. The first kappa shape index (κ1) is 35.9. The number of aliphatic hydroxyl groups excluding tert-OH is 1. The van der Waals surface area contributed by atoms with Gasteiger partial charge in [0.1, 0.15) is 6.10 Å². The number of likely N-dealkylation sites (tertiary alicyclic amines) is 1. The number of fused-ring (bicyclic) bond motifs is 1. The van der Waals surface area contributed by atoms with Crippen LogP contribution in [0.4, 0.5) is 0 Å². The fourth-order valence-electron chi connectivity index (χ4n) is 5.04. The third-order valence-electron chi connectivity index (χ3n) is 7.32. The highest BCUT2D eigenvalue weighted by Gasteiger charge is 2.38. The van der Waals surface area contributed by atoms with Gasteiger partial charge >= 0.3 is 5.97 Å². The molecule has 1 saturated heterocycles. The summed E-state index contributed by atoms with van der Waals surface area (Å²) in [6, 6.07) is 8.15. The number of amides is 4. The summed E-state index contributed by atoms with van der Waals surface area (Å²) in [7, 11) is -1.71. The molecule has 246 valence electrons. The Labute approximate surface area is 262 Å². The molecule has 2 N–H and O–H groups in total. The molecule has 1 fully saturated rings. The topological polar surface area (TPSA) is 185 Å². The number of benzene rings is 1. The van der Waals surface area contributed by atoms with Gasteiger partial charge in [-0.15, -0.1) is 0 Å². The van der Waals surface area contributed by atoms with Gasteiger partial charge in [-0.1, -0.05) is 18.6 Å². The number of unbranched alkanes of at least 4 members (excludes halogenated alkanes) is 2. The van der Waals surface area contributed by atoms with E-state index in [2.05, 4.69) is 11.6 Å². The van der Waals surface area contributed by atoms with Crippen molar-refractivity contribution in [2.24, 2.45) is 0 Å². The van der Waals surface area contributed by atoms with Crippen molar-refractivity contribution in [3.05, 3.63) is 35.4 Å². The van der Waals surface area contributed by atoms with Gasteiger partial charge in [0, 0.05) is 32.9 Å². The number of carbonyl (C=O) groups is 5. The molecule has 0 spiro atoms. The summed E-state index contributed by atoms with van der Waals surface area (Å²) in [4.78, 5) is 65.2. The Morgan fingerprint density at radius 3 is 2.38 bits per heavy atom. The normalized spacial score (nSPS) is 18.8. The zero-order chi connectivity index (χ0) is 32.8. The second kappa shape index (κ2) is 17.8. The number of ether oxygens (including phenoxy) is 1. The van der Waals surface area contributed by atoms with Crippen LogP contribution in [0.3, 0.4) is 0 Å². The van der Waals surface area contributed by atoms with Crippen LogP contribution in [-0.4, -0.2) is 110 Å². The summed E-state index contributed by atoms with van der Waals surface area (Å²) in [6.45, 7) is -0.0423. The third kappa shape index (κ3) is 10.5. The molecule has 1 aromatic rings. The Kier molecular flexibility index (Phi) is 14.2. The highest BCUT2D eigenvalue weighted by molar-refractivity contribution is 7.59. The number of nitriles is 1. The SMILES string of the molecule is C=P(OCCO)(OCCC#N)OC[C@@H]1C[C@@H](OC(=O)CCC(=O)NC)CN1C(=O)CCCCCN1C(=O)c2ccccc2C1=O. The maximum atomic E-state index is 13.3. The standard InChI is InChI=1S/C30H41N4O10P/c1-32-26(36)12-13-28(38)44-23-19-22(21-43-45(2,42-18-16-35)41-17-8-14-31)34(20-23)27(37)11-4-3-7-15-33-29(39)24-9-5-6-10-25(24)30(33)40/h5-6,9-10,22-23,35H,2-4,7-8,11-13,15-21H2,1H3,(H,32,36)/t22-,23+,45?/m0/s1. The van der Waals surface area contributed by atoms with Crippen molar-refractivity contribution in [2.75, 3.05) is 46.6 Å². The van der Waals surface area contributed by atoms with E-state index in [4.69, 9.17) is 23.6 Å². The average molecular weight is 649 g/mol. The van der Waals surface area contributed by atoms with Crippen LogP contribution >= 0.6 is 7.57 Å². The Morgan fingerprint density at radius 2 is 1.73 bits per heavy atom. The van der Waals surface area contributed by atoms with Gasteiger partial charge in [-0.2, -0.15) is 5.26 Å². The van der Waals surface area contributed by atoms with Crippen molar-refractivity contribution in [3.8, 4) is 6.07 Å². The van der Waals surface area contributed by atoms with Crippen LogP contribution in [0.25, 0.3) is 0 Å². The Bertz CT molecular complexity index is 1280. The molecule has 0 radical (unpaired) electrons. The van der Waals surface area contributed by atoms with Crippen LogP contribution in [0.2, 0.25) is 0 Å². The van der Waals surface area contributed by atoms with Crippen molar-refractivity contribution in [3.63, 3.8) is 0 Å². The molecule has 3 atom stereocenters. The lowest BCUT2D eigenvalue weighted by Crippen LogP contribution is -2.38. The molecule has 2 heterocycles. The van der Waals surface area contributed by atoms with E-state index in [-0.39, 0.29) is 95.2 Å². The first-order chi connectivity index (χ1) is 21.6. The highest BCUT2D eigenvalue weighted by atomic mass is 31.2. The number of carbonyl (C=O) groups excluding carboxylic acids is 5. The van der Waals surface area contributed by atoms with Crippen molar-refractivity contribution >= 4 is 43.5 Å². The van der Waals surface area contributed by atoms with Crippen molar-refractivity contribution in [1.29, 1.82) is 5.26 Å². The zero-order valence-electron chi connectivity index (χ0n) is 25.5. The fourth-order valence-corrected chi connectivity index (χ4v) is 6.39. The molecule has 2 aliphatic rings. The largest absolute Gasteiger partial charge is 0.460 e. The molecule has 45 heavy (non-hydrogen) atoms. The monoisotopic (exact) mass is 648 g/mol. The van der Waals surface area contributed by atoms with E-state index in [9.17, 15) is 29.1 Å². The molecule has 0 aliphatic carbocycles. The smallest absolute Gasteiger partial charge is 0.306 e. The van der Waals surface area contributed by atoms with Gasteiger partial charge in [0.25, 0.3) is 19.4 Å². The Hall–Kier alpha value is -3.60. The van der Waals surface area contributed by atoms with E-state index in [1.807, 2.05) is 6.07 Å². The van der Waals surface area contributed by atoms with Gasteiger partial charge in [0.2, 0.25) is 11.8 Å². The lowest BCUT2D eigenvalue weighted by molar-refractivity contribution is -0.150. The summed E-state index contributed by atoms with van der Waals surface area (Å²) >= 11 is 0. The van der Waals surface area contributed by atoms with Crippen LogP contribution in [-0.2, 0) is 32.7 Å². The first-order valence-corrected chi connectivity index (χ1v) is 16.6. The zero-order valence-corrected chi connectivity index (χ0v) is 26.4. The van der Waals surface area contributed by atoms with E-state index < -0.39 is 25.7 Å². The van der Waals surface area contributed by atoms with Gasteiger partial charge in [-0.05, 0) is 31.3 Å². The number of nitrogens with one attached hydrogen (secondary N) is 1. The number of aliphatic hydroxyl groups is 1. The minimum absolute atomic E-state index is 0.0127. The van der Waals surface area contributed by atoms with Crippen molar-refractivity contribution in [2.45, 2.75) is 63.5 Å². The van der Waals surface area contributed by atoms with Gasteiger partial charge < -0.3 is 33.6 Å². The van der Waals surface area contributed by atoms with E-state index in [1.54, 1.807) is 29.2 Å². The molecule has 14 nitrogen and oxygen atoms in total. The molecule has 0 aromatic heterocycles. The number of rotatable bonds is 19. The Morgan fingerprint density at radius 1 is 1.04 bits per heavy atom. The van der Waals surface area contributed by atoms with E-state index in [0.717, 1.165) is 0 Å². The van der Waals surface area contributed by atoms with Crippen LogP contribution in [0, 0.1) is 11.3 Å². The van der Waals surface area contributed by atoms with Gasteiger partial charge in [-0.3, -0.25) is 28.9 Å². The predicted octanol–water partition coefficient (Wildman–Crippen LogP) is 2.03. The summed E-state index contributed by atoms with van der Waals surface area (Å²) in [5.41, 5.74) is 0.796. The summed E-state index contributed by atoms with van der Waals surface area (Å²) < 4.78 is 22.6. The van der Waals surface area contributed by atoms with Crippen LogP contribution < -0.4 is 5.32 Å². The van der Waals surface area contributed by atoms with Crippen LogP contribution in [0.5, 0.6) is 0 Å². The van der Waals surface area contributed by atoms with E-state index >= 15 is 0 Å². The average Bonchev–Trinajstić information content (AvgIpc) is 3.55. The molecular formula is C30H41N4O10P. The second-order valence-corrected chi connectivity index (χ2v) is 12.5. The highest BCUT2D eigenvalue weighted by Crippen LogP contribution is 2.49. The van der Waals surface area contributed by atoms with Gasteiger partial charge in [-0.25, -0.2) is 0 Å². The van der Waals surface area contributed by atoms with E-state index in [0.29, 0.717) is 30.4 Å². The maximum Gasteiger partial charge on any atom is 0.306 e. The number of hydrogen-bond acceptors (Lipinski definition) is 11. The number of nitrogens with zero attached hydrogens (tertiary/aromatic N) is 3. The molecule has 3 rings (SSSR count). The Balaban J connectivity index is 1.56. The molecule has 15 heteroatoms. The molecule has 4 amide bonds. The molecule has 0 bridgehead atoms. The lowest BCUT2D eigenvalue weighted by atomic mass is 10.1. The van der Waals surface area contributed by atoms with Gasteiger partial charge in [0.15, 0.2) is 0 Å². The minimum atomic E-state index is -3.18. The predicted molar refractivity (Wildman–Crippen MR) is 163 cm³/mol. The lowest BCUT2D eigenvalue weighted by Gasteiger charge is -2.28.